The van der Waals surface area contributed by atoms with Gasteiger partial charge >= 0.3 is 0 Å². The first-order valence-electron chi connectivity index (χ1n) is 13.0. The van der Waals surface area contributed by atoms with E-state index in [1.807, 2.05) is 0 Å². The summed E-state index contributed by atoms with van der Waals surface area (Å²) in [6.07, 6.45) is 3.36. The summed E-state index contributed by atoms with van der Waals surface area (Å²) < 4.78 is 6.68. The highest BCUT2D eigenvalue weighted by molar-refractivity contribution is 7.49. The van der Waals surface area contributed by atoms with Crippen molar-refractivity contribution in [1.82, 2.24) is 0 Å². The van der Waals surface area contributed by atoms with Crippen LogP contribution in [0.4, 0.5) is 0 Å². The van der Waals surface area contributed by atoms with Crippen molar-refractivity contribution in [2.45, 2.75) is 84.6 Å². The van der Waals surface area contributed by atoms with Crippen molar-refractivity contribution < 1.29 is 4.74 Å². The average molecular weight is 507 g/mol. The summed E-state index contributed by atoms with van der Waals surface area (Å²) in [5, 5.41) is 1.62. The Labute approximate surface area is 218 Å². The molecular weight excluding hydrogens is 462 g/mol. The van der Waals surface area contributed by atoms with Crippen LogP contribution in [0, 0.1) is 13.8 Å². The third kappa shape index (κ3) is 6.56. The molecular formula is C32H44OP2. The van der Waals surface area contributed by atoms with Crippen LogP contribution in [-0.4, -0.2) is 6.66 Å². The number of hydrogen-bond acceptors (Lipinski definition) is 1. The zero-order chi connectivity index (χ0) is 25.6. The van der Waals surface area contributed by atoms with Crippen LogP contribution in [0.2, 0.25) is 0 Å². The maximum atomic E-state index is 6.68. The van der Waals surface area contributed by atoms with Crippen LogP contribution < -0.4 is 10.0 Å². The molecule has 0 amide bonds. The minimum Gasteiger partial charge on any atom is -0.488 e. The van der Waals surface area contributed by atoms with Crippen molar-refractivity contribution in [1.29, 1.82) is 0 Å². The molecule has 0 N–H and O–H groups in total. The summed E-state index contributed by atoms with van der Waals surface area (Å²) in [5.41, 5.74) is 8.31. The van der Waals surface area contributed by atoms with Gasteiger partial charge in [-0.25, -0.2) is 0 Å². The van der Waals surface area contributed by atoms with Crippen molar-refractivity contribution in [2.24, 2.45) is 0 Å². The van der Waals surface area contributed by atoms with Gasteiger partial charge in [0.2, 0.25) is 0 Å². The molecule has 0 saturated heterocycles. The number of aryl methyl sites for hydroxylation is 2. The SMILES string of the molecule is CCC(CC)(Pc1c(C)cccc1CPC)c1cc(C(C)(C)C)cc(C)c1OCc1ccccc1. The predicted molar refractivity (Wildman–Crippen MR) is 160 cm³/mol. The fourth-order valence-corrected chi connectivity index (χ4v) is 7.46. The van der Waals surface area contributed by atoms with Gasteiger partial charge in [0.1, 0.15) is 12.4 Å². The normalized spacial score (nSPS) is 12.8. The number of hydrogen-bond donors (Lipinski definition) is 0. The monoisotopic (exact) mass is 506 g/mol. The van der Waals surface area contributed by atoms with Crippen molar-refractivity contribution >= 4 is 22.5 Å². The Hall–Kier alpha value is -1.68. The van der Waals surface area contributed by atoms with E-state index in [2.05, 4.69) is 116 Å². The third-order valence-corrected chi connectivity index (χ3v) is 10.3. The van der Waals surface area contributed by atoms with E-state index in [-0.39, 0.29) is 10.6 Å². The molecule has 0 aromatic heterocycles. The maximum absolute atomic E-state index is 6.68. The molecule has 35 heavy (non-hydrogen) atoms. The molecule has 0 heterocycles. The molecule has 0 bridgehead atoms. The summed E-state index contributed by atoms with van der Waals surface area (Å²) in [4.78, 5) is 0. The molecule has 0 aliphatic carbocycles. The maximum Gasteiger partial charge on any atom is 0.126 e. The minimum atomic E-state index is 0.0513. The largest absolute Gasteiger partial charge is 0.488 e. The highest BCUT2D eigenvalue weighted by Crippen LogP contribution is 2.52. The molecule has 2 unspecified atom stereocenters. The van der Waals surface area contributed by atoms with E-state index in [0.29, 0.717) is 6.61 Å². The molecule has 188 valence electrons. The summed E-state index contributed by atoms with van der Waals surface area (Å²) in [5.74, 6) is 1.09. The van der Waals surface area contributed by atoms with E-state index < -0.39 is 0 Å². The Morgan fingerprint density at radius 3 is 2.11 bits per heavy atom. The zero-order valence-corrected chi connectivity index (χ0v) is 25.0. The average Bonchev–Trinajstić information content (AvgIpc) is 2.83. The Kier molecular flexibility index (Phi) is 9.60. The topological polar surface area (TPSA) is 9.23 Å². The standard InChI is InChI=1S/C32H44OP2/c1-9-32(10-2,35-30-23(3)15-14-18-26(30)22-34-8)28-20-27(31(5,6)7)19-24(4)29(28)33-21-25-16-12-11-13-17-25/h11-20,34-35H,9-10,21-22H2,1-8H3. The molecule has 1 nitrogen and oxygen atoms in total. The van der Waals surface area contributed by atoms with Gasteiger partial charge < -0.3 is 4.74 Å². The fourth-order valence-electron chi connectivity index (χ4n) is 4.84. The summed E-state index contributed by atoms with van der Waals surface area (Å²) in [6, 6.07) is 22.3. The lowest BCUT2D eigenvalue weighted by molar-refractivity contribution is 0.296. The predicted octanol–water partition coefficient (Wildman–Crippen LogP) is 9.01. The van der Waals surface area contributed by atoms with E-state index in [4.69, 9.17) is 4.74 Å². The van der Waals surface area contributed by atoms with Crippen LogP contribution in [0.25, 0.3) is 0 Å². The molecule has 3 aromatic rings. The van der Waals surface area contributed by atoms with Crippen molar-refractivity contribution in [3.05, 3.63) is 94.0 Å². The highest BCUT2D eigenvalue weighted by Gasteiger charge is 2.35. The van der Waals surface area contributed by atoms with Gasteiger partial charge in [-0.1, -0.05) is 104 Å². The van der Waals surface area contributed by atoms with Crippen LogP contribution in [0.5, 0.6) is 5.75 Å². The van der Waals surface area contributed by atoms with Gasteiger partial charge in [-0.2, -0.15) is 0 Å². The first-order chi connectivity index (χ1) is 16.6. The van der Waals surface area contributed by atoms with Crippen molar-refractivity contribution in [3.8, 4) is 5.75 Å². The first kappa shape index (κ1) is 27.9. The number of rotatable bonds is 10. The fraction of sp³-hybridized carbons (Fsp3) is 0.438. The van der Waals surface area contributed by atoms with Crippen molar-refractivity contribution in [3.63, 3.8) is 0 Å². The third-order valence-electron chi connectivity index (χ3n) is 7.18. The molecule has 0 aliphatic heterocycles. The van der Waals surface area contributed by atoms with Gasteiger partial charge in [0.05, 0.1) is 0 Å². The number of benzene rings is 3. The molecule has 3 heteroatoms. The molecule has 0 radical (unpaired) electrons. The highest BCUT2D eigenvalue weighted by atomic mass is 31.1. The molecule has 0 spiro atoms. The lowest BCUT2D eigenvalue weighted by atomic mass is 9.81. The van der Waals surface area contributed by atoms with Gasteiger partial charge in [-0.15, -0.1) is 8.58 Å². The molecule has 3 aromatic carbocycles. The van der Waals surface area contributed by atoms with Crippen molar-refractivity contribution in [2.75, 3.05) is 6.66 Å². The molecule has 0 aliphatic rings. The molecule has 2 atom stereocenters. The van der Waals surface area contributed by atoms with E-state index in [9.17, 15) is 0 Å². The summed E-state index contributed by atoms with van der Waals surface area (Å²) >= 11 is 0. The minimum absolute atomic E-state index is 0.0513. The Bertz CT molecular complexity index is 1110. The smallest absolute Gasteiger partial charge is 0.126 e. The van der Waals surface area contributed by atoms with E-state index in [0.717, 1.165) is 35.8 Å². The van der Waals surface area contributed by atoms with Gasteiger partial charge in [0.25, 0.3) is 0 Å². The second-order valence-corrected chi connectivity index (χ2v) is 13.5. The second kappa shape index (κ2) is 12.0. The Morgan fingerprint density at radius 1 is 0.829 bits per heavy atom. The first-order valence-corrected chi connectivity index (χ1v) is 15.7. The molecule has 0 fully saturated rings. The van der Waals surface area contributed by atoms with Gasteiger partial charge in [0.15, 0.2) is 0 Å². The lowest BCUT2D eigenvalue weighted by Gasteiger charge is -2.37. The summed E-state index contributed by atoms with van der Waals surface area (Å²) in [7, 11) is 1.65. The second-order valence-electron chi connectivity index (χ2n) is 10.7. The quantitative estimate of drug-likeness (QED) is 0.249. The van der Waals surface area contributed by atoms with E-state index in [1.54, 1.807) is 5.30 Å². The van der Waals surface area contributed by atoms with Crippen LogP contribution in [0.15, 0.2) is 60.7 Å². The number of ether oxygens (including phenoxy) is 1. The Morgan fingerprint density at radius 2 is 1.51 bits per heavy atom. The molecule has 3 rings (SSSR count). The zero-order valence-electron chi connectivity index (χ0n) is 23.0. The molecule has 0 saturated carbocycles. The van der Waals surface area contributed by atoms with Crippen LogP contribution in [0.3, 0.4) is 0 Å². The van der Waals surface area contributed by atoms with Crippen LogP contribution in [0.1, 0.15) is 80.8 Å². The Balaban J connectivity index is 2.17. The van der Waals surface area contributed by atoms with Gasteiger partial charge in [-0.05, 0) is 78.1 Å². The summed E-state index contributed by atoms with van der Waals surface area (Å²) in [6.45, 7) is 19.1. The van der Waals surface area contributed by atoms with Gasteiger partial charge in [-0.3, -0.25) is 0 Å². The van der Waals surface area contributed by atoms with E-state index in [1.165, 1.54) is 39.5 Å². The lowest BCUT2D eigenvalue weighted by Crippen LogP contribution is -2.26. The van der Waals surface area contributed by atoms with Gasteiger partial charge in [0, 0.05) is 10.7 Å². The van der Waals surface area contributed by atoms with Crippen LogP contribution in [-0.2, 0) is 23.3 Å². The van der Waals surface area contributed by atoms with E-state index >= 15 is 0 Å². The van der Waals surface area contributed by atoms with Crippen LogP contribution >= 0.6 is 17.2 Å².